The Labute approximate surface area is 73.8 Å². The number of thioether (sulfide) groups is 1. The first kappa shape index (κ1) is 8.92. The molecule has 1 heterocycles. The molecule has 1 rings (SSSR count). The van der Waals surface area contributed by atoms with E-state index in [1.54, 1.807) is 0 Å². The Morgan fingerprint density at radius 1 is 1.55 bits per heavy atom. The fourth-order valence-corrected chi connectivity index (χ4v) is 1.98. The molecule has 1 heteroatoms. The molecule has 0 unspecified atom stereocenters. The lowest BCUT2D eigenvalue weighted by molar-refractivity contribution is 0.489. The van der Waals surface area contributed by atoms with Crippen molar-refractivity contribution >= 4 is 11.8 Å². The van der Waals surface area contributed by atoms with Crippen LogP contribution in [0.3, 0.4) is 0 Å². The van der Waals surface area contributed by atoms with Crippen LogP contribution in [0.4, 0.5) is 0 Å². The van der Waals surface area contributed by atoms with Crippen LogP contribution in [-0.2, 0) is 0 Å². The van der Waals surface area contributed by atoms with Gasteiger partial charge in [0.1, 0.15) is 0 Å². The van der Waals surface area contributed by atoms with E-state index in [9.17, 15) is 0 Å². The second kappa shape index (κ2) is 3.48. The molecule has 0 nitrogen and oxygen atoms in total. The van der Waals surface area contributed by atoms with Crippen molar-refractivity contribution in [1.82, 2.24) is 0 Å². The summed E-state index contributed by atoms with van der Waals surface area (Å²) in [7, 11) is 0. The zero-order chi connectivity index (χ0) is 8.32. The Hall–Kier alpha value is -0.170. The van der Waals surface area contributed by atoms with Gasteiger partial charge in [-0.3, -0.25) is 0 Å². The minimum absolute atomic E-state index is 0.365. The fraction of sp³-hybridized carbons (Fsp3) is 0.600. The summed E-state index contributed by atoms with van der Waals surface area (Å²) in [5.41, 5.74) is 0.365. The quantitative estimate of drug-likeness (QED) is 0.571. The number of hydrogen-bond acceptors (Lipinski definition) is 1. The van der Waals surface area contributed by atoms with Crippen LogP contribution in [0.25, 0.3) is 0 Å². The van der Waals surface area contributed by atoms with Gasteiger partial charge in [0.2, 0.25) is 0 Å². The van der Waals surface area contributed by atoms with Gasteiger partial charge >= 0.3 is 0 Å². The van der Waals surface area contributed by atoms with E-state index in [4.69, 9.17) is 0 Å². The van der Waals surface area contributed by atoms with Gasteiger partial charge in [-0.25, -0.2) is 0 Å². The molecule has 1 aliphatic rings. The first-order valence-corrected chi connectivity index (χ1v) is 5.05. The molecule has 0 aromatic heterocycles. The van der Waals surface area contributed by atoms with Crippen LogP contribution in [0.5, 0.6) is 0 Å². The number of hydrogen-bond donors (Lipinski definition) is 0. The van der Waals surface area contributed by atoms with Gasteiger partial charge in [-0.15, -0.1) is 11.8 Å². The summed E-state index contributed by atoms with van der Waals surface area (Å²) in [5.74, 6) is 0. The molecule has 0 aromatic carbocycles. The molecule has 1 aliphatic heterocycles. The second-order valence-corrected chi connectivity index (χ2v) is 4.67. The van der Waals surface area contributed by atoms with Crippen molar-refractivity contribution in [3.05, 3.63) is 22.5 Å². The van der Waals surface area contributed by atoms with E-state index in [1.807, 2.05) is 11.8 Å². The third-order valence-corrected chi connectivity index (χ3v) is 2.97. The molecule has 0 saturated carbocycles. The van der Waals surface area contributed by atoms with Gasteiger partial charge in [0, 0.05) is 0 Å². The molecule has 11 heavy (non-hydrogen) atoms. The molecule has 0 radical (unpaired) electrons. The van der Waals surface area contributed by atoms with E-state index in [1.165, 1.54) is 17.7 Å². The van der Waals surface area contributed by atoms with E-state index in [2.05, 4.69) is 38.3 Å². The maximum atomic E-state index is 2.37. The van der Waals surface area contributed by atoms with Crippen molar-refractivity contribution in [1.29, 1.82) is 0 Å². The predicted octanol–water partition coefficient (Wildman–Crippen LogP) is 3.96. The van der Waals surface area contributed by atoms with Crippen LogP contribution in [0, 0.1) is 5.41 Å². The number of rotatable bonds is 1. The molecule has 0 N–H and O–H groups in total. The Morgan fingerprint density at radius 3 is 2.91 bits per heavy atom. The lowest BCUT2D eigenvalue weighted by Crippen LogP contribution is -2.03. The summed E-state index contributed by atoms with van der Waals surface area (Å²) in [6, 6.07) is 0. The van der Waals surface area contributed by atoms with Crippen molar-refractivity contribution in [2.24, 2.45) is 5.41 Å². The molecule has 0 aliphatic carbocycles. The van der Waals surface area contributed by atoms with Crippen molar-refractivity contribution < 1.29 is 0 Å². The highest BCUT2D eigenvalue weighted by Gasteiger charge is 2.14. The maximum absolute atomic E-state index is 2.37. The minimum atomic E-state index is 0.365. The van der Waals surface area contributed by atoms with Gasteiger partial charge in [0.15, 0.2) is 0 Å². The summed E-state index contributed by atoms with van der Waals surface area (Å²) in [5, 5.41) is 2.22. The smallest absolute Gasteiger partial charge is 0.0132 e. The Kier molecular flexibility index (Phi) is 2.83. The Bertz CT molecular complexity index is 187. The van der Waals surface area contributed by atoms with E-state index < -0.39 is 0 Å². The van der Waals surface area contributed by atoms with E-state index >= 15 is 0 Å². The van der Waals surface area contributed by atoms with E-state index in [0.29, 0.717) is 5.41 Å². The van der Waals surface area contributed by atoms with Crippen molar-refractivity contribution in [2.75, 3.05) is 0 Å². The third kappa shape index (κ3) is 2.74. The SMILES string of the molecule is CCC1=CCC(C)(C)C=CS1. The highest BCUT2D eigenvalue weighted by atomic mass is 32.2. The molecular weight excluding hydrogens is 152 g/mol. The van der Waals surface area contributed by atoms with Crippen molar-refractivity contribution in [3.8, 4) is 0 Å². The molecule has 0 bridgehead atoms. The average Bonchev–Trinajstić information content (AvgIpc) is 2.10. The van der Waals surface area contributed by atoms with E-state index in [0.717, 1.165) is 0 Å². The summed E-state index contributed by atoms with van der Waals surface area (Å²) < 4.78 is 0. The lowest BCUT2D eigenvalue weighted by Gasteiger charge is -2.15. The molecule has 0 amide bonds. The van der Waals surface area contributed by atoms with Gasteiger partial charge in [0.25, 0.3) is 0 Å². The molecule has 0 atom stereocenters. The largest absolute Gasteiger partial charge is 0.103 e. The Morgan fingerprint density at radius 2 is 2.27 bits per heavy atom. The number of allylic oxidation sites excluding steroid dienone is 3. The van der Waals surface area contributed by atoms with Crippen LogP contribution in [-0.4, -0.2) is 0 Å². The summed E-state index contributed by atoms with van der Waals surface area (Å²) in [6.07, 6.45) is 7.02. The second-order valence-electron chi connectivity index (χ2n) is 3.64. The van der Waals surface area contributed by atoms with E-state index in [-0.39, 0.29) is 0 Å². The van der Waals surface area contributed by atoms with Crippen LogP contribution in [0.1, 0.15) is 33.6 Å². The molecule has 0 fully saturated rings. The van der Waals surface area contributed by atoms with Crippen molar-refractivity contribution in [2.45, 2.75) is 33.6 Å². The summed E-state index contributed by atoms with van der Waals surface area (Å²) in [4.78, 5) is 1.51. The van der Waals surface area contributed by atoms with Gasteiger partial charge < -0.3 is 0 Å². The first-order valence-electron chi connectivity index (χ1n) is 4.17. The van der Waals surface area contributed by atoms with Gasteiger partial charge in [-0.2, -0.15) is 0 Å². The highest BCUT2D eigenvalue weighted by Crippen LogP contribution is 2.33. The van der Waals surface area contributed by atoms with Crippen LogP contribution < -0.4 is 0 Å². The normalized spacial score (nSPS) is 22.6. The van der Waals surface area contributed by atoms with Crippen LogP contribution in [0.15, 0.2) is 22.5 Å². The molecule has 0 spiro atoms. The fourth-order valence-electron chi connectivity index (χ4n) is 1.03. The average molecular weight is 168 g/mol. The minimum Gasteiger partial charge on any atom is -0.103 e. The molecular formula is C10H16S. The molecule has 0 saturated heterocycles. The standard InChI is InChI=1S/C10H16S/c1-4-9-5-6-10(2,3)7-8-11-9/h5,7-8H,4,6H2,1-3H3. The predicted molar refractivity (Wildman–Crippen MR) is 53.5 cm³/mol. The third-order valence-electron chi connectivity index (χ3n) is 1.94. The monoisotopic (exact) mass is 168 g/mol. The van der Waals surface area contributed by atoms with Crippen LogP contribution in [0.2, 0.25) is 0 Å². The lowest BCUT2D eigenvalue weighted by atomic mass is 9.89. The maximum Gasteiger partial charge on any atom is -0.0132 e. The Balaban J connectivity index is 2.68. The first-order chi connectivity index (χ1) is 5.14. The van der Waals surface area contributed by atoms with Gasteiger partial charge in [-0.1, -0.05) is 32.9 Å². The zero-order valence-corrected chi connectivity index (χ0v) is 8.37. The highest BCUT2D eigenvalue weighted by molar-refractivity contribution is 8.05. The topological polar surface area (TPSA) is 0 Å². The molecule has 62 valence electrons. The van der Waals surface area contributed by atoms with Crippen LogP contribution >= 0.6 is 11.8 Å². The van der Waals surface area contributed by atoms with Gasteiger partial charge in [-0.05, 0) is 28.6 Å². The zero-order valence-electron chi connectivity index (χ0n) is 7.55. The summed E-state index contributed by atoms with van der Waals surface area (Å²) in [6.45, 7) is 6.77. The molecule has 0 aromatic rings. The summed E-state index contributed by atoms with van der Waals surface area (Å²) >= 11 is 1.87. The van der Waals surface area contributed by atoms with Crippen molar-refractivity contribution in [3.63, 3.8) is 0 Å². The van der Waals surface area contributed by atoms with Gasteiger partial charge in [0.05, 0.1) is 0 Å².